The molecule has 2 amide bonds. The molecule has 10 heteroatoms. The Kier molecular flexibility index (Phi) is 4.68. The van der Waals surface area contributed by atoms with E-state index in [2.05, 4.69) is 0 Å². The summed E-state index contributed by atoms with van der Waals surface area (Å²) in [6.45, 7) is 0.380. The van der Waals surface area contributed by atoms with Crippen molar-refractivity contribution in [3.63, 3.8) is 0 Å². The normalized spacial score (nSPS) is 16.5. The summed E-state index contributed by atoms with van der Waals surface area (Å²) in [5, 5.41) is 10.1. The molecule has 7 nitrogen and oxygen atoms in total. The Bertz CT molecular complexity index is 367. The molecule has 1 unspecified atom stereocenters. The second-order valence-electron chi connectivity index (χ2n) is 3.73. The van der Waals surface area contributed by atoms with Gasteiger partial charge >= 0.3 is 12.1 Å². The largest absolute Gasteiger partial charge is 0.480 e. The molecule has 0 bridgehead atoms. The zero-order chi connectivity index (χ0) is 14.7. The van der Waals surface area contributed by atoms with Crippen molar-refractivity contribution in [2.24, 2.45) is 11.5 Å². The SMILES string of the molecule is CC(N)(C(=O)N[C@@H](CC(N)=O)C(=O)O)C(F)(F)F. The van der Waals surface area contributed by atoms with E-state index in [9.17, 15) is 27.6 Å². The minimum Gasteiger partial charge on any atom is -0.480 e. The van der Waals surface area contributed by atoms with Crippen molar-refractivity contribution in [3.8, 4) is 0 Å². The van der Waals surface area contributed by atoms with Crippen LogP contribution in [0.1, 0.15) is 13.3 Å². The Morgan fingerprint density at radius 1 is 1.33 bits per heavy atom. The van der Waals surface area contributed by atoms with Gasteiger partial charge in [0.25, 0.3) is 0 Å². The Morgan fingerprint density at radius 2 is 1.78 bits per heavy atom. The van der Waals surface area contributed by atoms with Gasteiger partial charge in [-0.05, 0) is 6.92 Å². The van der Waals surface area contributed by atoms with E-state index in [1.165, 1.54) is 5.32 Å². The fourth-order valence-corrected chi connectivity index (χ4v) is 0.838. The maximum atomic E-state index is 12.4. The van der Waals surface area contributed by atoms with Crippen LogP contribution < -0.4 is 16.8 Å². The summed E-state index contributed by atoms with van der Waals surface area (Å²) < 4.78 is 37.1. The van der Waals surface area contributed by atoms with Gasteiger partial charge in [0.1, 0.15) is 6.04 Å². The monoisotopic (exact) mass is 271 g/mol. The number of carbonyl (C=O) groups excluding carboxylic acids is 2. The van der Waals surface area contributed by atoms with Gasteiger partial charge in [0.2, 0.25) is 11.8 Å². The van der Waals surface area contributed by atoms with Crippen LogP contribution in [-0.2, 0) is 14.4 Å². The fraction of sp³-hybridized carbons (Fsp3) is 0.625. The van der Waals surface area contributed by atoms with Crippen LogP contribution in [0, 0.1) is 0 Å². The zero-order valence-corrected chi connectivity index (χ0v) is 9.25. The molecule has 0 spiro atoms. The molecule has 0 aliphatic heterocycles. The van der Waals surface area contributed by atoms with Crippen LogP contribution in [0.15, 0.2) is 0 Å². The lowest BCUT2D eigenvalue weighted by molar-refractivity contribution is -0.188. The first-order valence-corrected chi connectivity index (χ1v) is 4.57. The first-order chi connectivity index (χ1) is 7.89. The first kappa shape index (κ1) is 16.2. The van der Waals surface area contributed by atoms with Crippen molar-refractivity contribution >= 4 is 17.8 Å². The highest BCUT2D eigenvalue weighted by atomic mass is 19.4. The number of amides is 2. The number of alkyl halides is 3. The summed E-state index contributed by atoms with van der Waals surface area (Å²) in [6, 6.07) is -1.86. The smallest absolute Gasteiger partial charge is 0.415 e. The van der Waals surface area contributed by atoms with Gasteiger partial charge < -0.3 is 21.9 Å². The number of nitrogens with one attached hydrogen (secondary N) is 1. The van der Waals surface area contributed by atoms with Crippen molar-refractivity contribution < 1.29 is 32.7 Å². The molecule has 2 atom stereocenters. The number of hydrogen-bond donors (Lipinski definition) is 4. The van der Waals surface area contributed by atoms with Crippen LogP contribution in [0.4, 0.5) is 13.2 Å². The Balaban J connectivity index is 4.91. The van der Waals surface area contributed by atoms with Crippen molar-refractivity contribution in [1.82, 2.24) is 5.32 Å². The van der Waals surface area contributed by atoms with Crippen molar-refractivity contribution in [3.05, 3.63) is 0 Å². The fourth-order valence-electron chi connectivity index (χ4n) is 0.838. The third-order valence-corrected chi connectivity index (χ3v) is 2.07. The number of carbonyl (C=O) groups is 3. The molecule has 0 heterocycles. The van der Waals surface area contributed by atoms with Gasteiger partial charge in [-0.2, -0.15) is 13.2 Å². The molecule has 6 N–H and O–H groups in total. The number of hydrogen-bond acceptors (Lipinski definition) is 4. The van der Waals surface area contributed by atoms with E-state index in [1.54, 1.807) is 0 Å². The average Bonchev–Trinajstić information content (AvgIpc) is 2.13. The number of halogens is 3. The molecule has 0 aromatic carbocycles. The van der Waals surface area contributed by atoms with Gasteiger partial charge in [0.05, 0.1) is 6.42 Å². The molecule has 0 fully saturated rings. The number of carboxylic acid groups (broad SMARTS) is 1. The minimum atomic E-state index is -5.06. The van der Waals surface area contributed by atoms with E-state index in [4.69, 9.17) is 16.6 Å². The molecule has 0 aliphatic rings. The Labute approximate surface area is 99.3 Å². The maximum Gasteiger partial charge on any atom is 0.415 e. The van der Waals surface area contributed by atoms with Gasteiger partial charge in [0.15, 0.2) is 5.54 Å². The predicted molar refractivity (Wildman–Crippen MR) is 52.0 cm³/mol. The Hall–Kier alpha value is -1.84. The van der Waals surface area contributed by atoms with E-state index in [0.29, 0.717) is 6.92 Å². The number of carboxylic acids is 1. The van der Waals surface area contributed by atoms with Gasteiger partial charge in [-0.25, -0.2) is 4.79 Å². The molecule has 18 heavy (non-hydrogen) atoms. The zero-order valence-electron chi connectivity index (χ0n) is 9.25. The summed E-state index contributed by atoms with van der Waals surface area (Å²) in [6.07, 6.45) is -5.90. The molecule has 0 aromatic rings. The second-order valence-corrected chi connectivity index (χ2v) is 3.73. The minimum absolute atomic E-state index is 0.380. The van der Waals surface area contributed by atoms with Crippen LogP contribution in [-0.4, -0.2) is 40.6 Å². The molecule has 0 saturated heterocycles. The highest BCUT2D eigenvalue weighted by Gasteiger charge is 2.54. The first-order valence-electron chi connectivity index (χ1n) is 4.57. The highest BCUT2D eigenvalue weighted by Crippen LogP contribution is 2.28. The third kappa shape index (κ3) is 3.87. The summed E-state index contributed by atoms with van der Waals surface area (Å²) >= 11 is 0. The van der Waals surface area contributed by atoms with Crippen molar-refractivity contribution in [1.29, 1.82) is 0 Å². The molecule has 0 saturated carbocycles. The van der Waals surface area contributed by atoms with Crippen LogP contribution in [0.5, 0.6) is 0 Å². The maximum absolute atomic E-state index is 12.4. The standard InChI is InChI=1S/C8H12F3N3O4/c1-7(13,8(9,10)11)6(18)14-3(5(16)17)2-4(12)15/h3H,2,13H2,1H3,(H2,12,15)(H,14,18)(H,16,17)/t3-,7?/m0/s1. The number of primary amides is 1. The molecule has 0 rings (SSSR count). The summed E-state index contributed by atoms with van der Waals surface area (Å²) in [4.78, 5) is 32.3. The molecular formula is C8H12F3N3O4. The van der Waals surface area contributed by atoms with Crippen LogP contribution in [0.25, 0.3) is 0 Å². The lowest BCUT2D eigenvalue weighted by Crippen LogP contribution is -2.63. The summed E-state index contributed by atoms with van der Waals surface area (Å²) in [5.41, 5.74) is 6.20. The molecule has 0 aromatic heterocycles. The summed E-state index contributed by atoms with van der Waals surface area (Å²) in [7, 11) is 0. The van der Waals surface area contributed by atoms with Crippen molar-refractivity contribution in [2.75, 3.05) is 0 Å². The van der Waals surface area contributed by atoms with Crippen LogP contribution in [0.2, 0.25) is 0 Å². The number of nitrogens with two attached hydrogens (primary N) is 2. The van der Waals surface area contributed by atoms with Crippen LogP contribution >= 0.6 is 0 Å². The lowest BCUT2D eigenvalue weighted by atomic mass is 10.0. The van der Waals surface area contributed by atoms with E-state index in [-0.39, 0.29) is 0 Å². The summed E-state index contributed by atoms with van der Waals surface area (Å²) in [5.74, 6) is -4.54. The molecular weight excluding hydrogens is 259 g/mol. The van der Waals surface area contributed by atoms with E-state index in [0.717, 1.165) is 0 Å². The third-order valence-electron chi connectivity index (χ3n) is 2.07. The topological polar surface area (TPSA) is 136 Å². The van der Waals surface area contributed by atoms with E-state index in [1.807, 2.05) is 0 Å². The number of rotatable bonds is 5. The second kappa shape index (κ2) is 5.21. The van der Waals surface area contributed by atoms with Gasteiger partial charge in [-0.15, -0.1) is 0 Å². The predicted octanol–water partition coefficient (Wildman–Crippen LogP) is -1.29. The lowest BCUT2D eigenvalue weighted by Gasteiger charge is -2.27. The Morgan fingerprint density at radius 3 is 2.06 bits per heavy atom. The van der Waals surface area contributed by atoms with Gasteiger partial charge in [-0.3, -0.25) is 9.59 Å². The van der Waals surface area contributed by atoms with Crippen molar-refractivity contribution in [2.45, 2.75) is 31.1 Å². The van der Waals surface area contributed by atoms with E-state index < -0.39 is 42.0 Å². The van der Waals surface area contributed by atoms with Gasteiger partial charge in [-0.1, -0.05) is 0 Å². The quantitative estimate of drug-likeness (QED) is 0.493. The molecule has 104 valence electrons. The van der Waals surface area contributed by atoms with E-state index >= 15 is 0 Å². The average molecular weight is 271 g/mol. The van der Waals surface area contributed by atoms with Crippen LogP contribution in [0.3, 0.4) is 0 Å². The molecule has 0 aliphatic carbocycles. The highest BCUT2D eigenvalue weighted by molar-refractivity contribution is 5.92. The molecule has 0 radical (unpaired) electrons. The van der Waals surface area contributed by atoms with Gasteiger partial charge in [0, 0.05) is 0 Å². The number of aliphatic carboxylic acids is 1.